The van der Waals surface area contributed by atoms with Gasteiger partial charge in [-0.25, -0.2) is 80.2 Å². The molecular formula is C98H97ClF8I3N19O14. The quantitative estimate of drug-likeness (QED) is 0.0161. The first-order valence-electron chi connectivity index (χ1n) is 44.2. The number of aromatic nitrogens is 8. The molecule has 12 aromatic rings. The first-order valence-corrected chi connectivity index (χ1v) is 46.8. The molecule has 4 unspecified atom stereocenters. The minimum absolute atomic E-state index is 0. The predicted molar refractivity (Wildman–Crippen MR) is 541 cm³/mol. The second-order valence-corrected chi connectivity index (χ2v) is 36.2. The molecule has 7 atom stereocenters. The number of rotatable bonds is 23. The Kier molecular flexibility index (Phi) is 40.4. The average molecular weight is 2330 g/mol. The number of hydrogen-bond donors (Lipinski definition) is 14. The van der Waals surface area contributed by atoms with E-state index in [1.807, 2.05) is 92.0 Å². The van der Waals surface area contributed by atoms with Crippen LogP contribution in [0, 0.1) is 51.4 Å². The summed E-state index contributed by atoms with van der Waals surface area (Å²) in [5.41, 5.74) is 35.8. The highest BCUT2D eigenvalue weighted by Crippen LogP contribution is 2.37. The maximum absolute atomic E-state index is 15.0. The van der Waals surface area contributed by atoms with Crippen LogP contribution < -0.4 is 60.0 Å². The van der Waals surface area contributed by atoms with Gasteiger partial charge in [0.1, 0.15) is 92.5 Å². The third-order valence-electron chi connectivity index (χ3n) is 22.9. The van der Waals surface area contributed by atoms with Crippen LogP contribution in [0.4, 0.5) is 58.4 Å². The third kappa shape index (κ3) is 30.1. The van der Waals surface area contributed by atoms with Crippen molar-refractivity contribution in [3.05, 3.63) is 295 Å². The molecule has 752 valence electrons. The lowest BCUT2D eigenvalue weighted by molar-refractivity contribution is -0.134. The van der Waals surface area contributed by atoms with Crippen molar-refractivity contribution in [2.75, 3.05) is 90.3 Å². The lowest BCUT2D eigenvalue weighted by Gasteiger charge is -2.32. The molecule has 4 aliphatic rings. The molecule has 8 aromatic carbocycles. The first-order chi connectivity index (χ1) is 68.4. The van der Waals surface area contributed by atoms with Gasteiger partial charge in [0.2, 0.25) is 23.6 Å². The van der Waals surface area contributed by atoms with E-state index in [1.165, 1.54) is 92.0 Å². The zero-order valence-electron chi connectivity index (χ0n) is 77.2. The molecular weight excluding hydrogens is 2240 g/mol. The number of nitrogen functional groups attached to an aromatic ring is 4. The number of halogens is 12. The topological polar surface area (TPSA) is 533 Å². The van der Waals surface area contributed by atoms with Crippen LogP contribution >= 0.6 is 80.2 Å². The summed E-state index contributed by atoms with van der Waals surface area (Å²) in [5, 5.41) is 50.5. The monoisotopic (exact) mass is 2330 g/mol. The fourth-order valence-corrected chi connectivity index (χ4v) is 17.3. The maximum atomic E-state index is 15.0. The molecule has 0 spiro atoms. The van der Waals surface area contributed by atoms with E-state index in [-0.39, 0.29) is 123 Å². The van der Waals surface area contributed by atoms with Crippen LogP contribution in [0.2, 0.25) is 0 Å². The van der Waals surface area contributed by atoms with Crippen LogP contribution in [-0.2, 0) is 30.5 Å². The summed E-state index contributed by atoms with van der Waals surface area (Å²) in [5.74, 6) is -7.01. The Morgan fingerprint density at radius 1 is 0.469 bits per heavy atom. The number of nitrogens with two attached hydrogens (primary N) is 5. The van der Waals surface area contributed by atoms with Gasteiger partial charge in [0.25, 0.3) is 11.8 Å². The number of carboxylic acid groups (broad SMARTS) is 1. The smallest absolute Gasteiger partial charge is 0.340 e. The highest BCUT2D eigenvalue weighted by atomic mass is 127. The number of aromatic carboxylic acids is 1. The van der Waals surface area contributed by atoms with Crippen molar-refractivity contribution in [3.8, 4) is 50.8 Å². The molecule has 4 aliphatic heterocycles. The van der Waals surface area contributed by atoms with Crippen molar-refractivity contribution in [1.82, 2.24) is 71.4 Å². The van der Waals surface area contributed by atoms with Gasteiger partial charge in [0.05, 0.1) is 131 Å². The van der Waals surface area contributed by atoms with Gasteiger partial charge in [-0.15, -0.1) is 12.4 Å². The number of benzene rings is 8. The van der Waals surface area contributed by atoms with Gasteiger partial charge in [0, 0.05) is 115 Å². The number of amides is 6. The molecule has 33 nitrogen and oxygen atoms in total. The SMILES string of the molecule is COC(=O)c1ccc(-c2nc(C3CCC(=O)N(Cc4ccc(OC)cc4)C3)cnc2N)cc1F.Cl.N[C@H](CO)c1cc(F)cc(I)c1.Nc1ncc(C2CCC(=O)NC2)nc1-c1ccc(C(=O)N[C@H](CO)c2cc(F)cc(I)c2)c(F)c1.Nc1ncc(C2CCC(=O)NC2)nc1-c1ccc(C(=O)N[C@H](CO)c2cc(F)cc(I)c2)c(F)c1.Nc1ncc(C2CCC(=O)NC2)nc1-c1ccc(C(=O)O)c(F)c1.[2H]CF. The van der Waals surface area contributed by atoms with Crippen LogP contribution in [0.25, 0.3) is 45.0 Å². The molecule has 6 amide bonds. The molecule has 8 heterocycles. The number of methoxy groups -OCH3 is 2. The Morgan fingerprint density at radius 3 is 1.10 bits per heavy atom. The number of hydrogen-bond acceptors (Lipinski definition) is 26. The van der Waals surface area contributed by atoms with Gasteiger partial charge in [0.15, 0.2) is 0 Å². The number of carboxylic acids is 1. The number of carbonyl (C=O) groups is 8. The summed E-state index contributed by atoms with van der Waals surface area (Å²) in [6.45, 7) is 1.13. The summed E-state index contributed by atoms with van der Waals surface area (Å²) in [7, 11) is 1.80. The summed E-state index contributed by atoms with van der Waals surface area (Å²) in [6.07, 6.45) is 10.3. The summed E-state index contributed by atoms with van der Waals surface area (Å²) in [6, 6.07) is 33.7. The lowest BCUT2D eigenvalue weighted by Crippen LogP contribution is -2.38. The van der Waals surface area contributed by atoms with E-state index in [2.05, 4.69) is 71.2 Å². The number of nitrogens with one attached hydrogen (secondary N) is 5. The fraction of sp³-hybridized carbons (Fsp3) is 0.265. The normalized spacial score (nSPS) is 16.0. The maximum Gasteiger partial charge on any atom is 0.340 e. The average Bonchev–Trinajstić information content (AvgIpc) is 0.772. The Labute approximate surface area is 862 Å². The number of nitrogens with zero attached hydrogens (tertiary/aromatic N) is 9. The number of piperidine rings is 4. The Bertz CT molecular complexity index is 6390. The second kappa shape index (κ2) is 52.6. The summed E-state index contributed by atoms with van der Waals surface area (Å²) >= 11 is 5.86. The standard InChI is InChI=1S/C25H25FN4O4.2C24H22F2IN5O3.C16H15FN4O3.C8H9FINO.CH3F.ClH/c1-33-18-7-3-15(4-8-18)13-30-14-17(6-10-22(30)31)21-12-28-24(27)23(29-21)16-5-9-19(20(26)11-16)25(32)34-2;2*25-15-5-14(6-16(27)8-15)20(11-33)32-24(35)17-3-1-12(7-18(17)26)22-23(28)30-10-19(31-22)13-2-4-21(34)29-9-13;17-11-5-8(1-3-10(11)16(23)24)14-15(18)20-7-12(21-14)9-2-4-13(22)19-6-9;9-6-1-5(8(11)4-12)2-7(10)3-6;1-2;/h3-5,7-9,11-12,17H,6,10,13-14H2,1-2H3,(H2,27,28);2*1,3,5-8,10,13,20,33H,2,4,9,11H2,(H2,28,30)(H,29,34)(H,32,35);1,3,5,7,9H,2,4,6H2,(H2,18,20)(H,19,22)(H,23,24);1-3,8,12H,4,11H2;1H3;1H/t;2*13?,20-;;8-;;/m.11.1../s1/i;;;;;1D;. The molecule has 0 bridgehead atoms. The van der Waals surface area contributed by atoms with Gasteiger partial charge in [-0.05, 0) is 231 Å². The van der Waals surface area contributed by atoms with Crippen molar-refractivity contribution in [3.63, 3.8) is 0 Å². The van der Waals surface area contributed by atoms with Crippen LogP contribution in [0.1, 0.15) is 181 Å². The summed E-state index contributed by atoms with van der Waals surface area (Å²) in [4.78, 5) is 131. The number of carbonyl (C=O) groups excluding carboxylic acids is 7. The molecule has 0 radical (unpaired) electrons. The van der Waals surface area contributed by atoms with E-state index < -0.39 is 103 Å². The van der Waals surface area contributed by atoms with Crippen LogP contribution in [0.3, 0.4) is 0 Å². The number of anilines is 4. The van der Waals surface area contributed by atoms with Crippen molar-refractivity contribution in [1.29, 1.82) is 0 Å². The van der Waals surface area contributed by atoms with Gasteiger partial charge in [-0.1, -0.05) is 36.4 Å². The first kappa shape index (κ1) is 110. The Balaban J connectivity index is 0.000000189. The fourth-order valence-electron chi connectivity index (χ4n) is 15.4. The number of aliphatic hydroxyl groups is 3. The van der Waals surface area contributed by atoms with Crippen molar-refractivity contribution in [2.24, 2.45) is 5.73 Å². The van der Waals surface area contributed by atoms with E-state index >= 15 is 0 Å². The highest BCUT2D eigenvalue weighted by Gasteiger charge is 2.32. The van der Waals surface area contributed by atoms with Gasteiger partial charge < -0.3 is 90.1 Å². The number of esters is 1. The van der Waals surface area contributed by atoms with Crippen molar-refractivity contribution in [2.45, 2.75) is 99.7 Å². The van der Waals surface area contributed by atoms with E-state index in [1.54, 1.807) is 61.1 Å². The molecule has 19 N–H and O–H groups in total. The minimum atomic E-state index is -1.34. The Hall–Kier alpha value is -13.4. The molecule has 0 aliphatic carbocycles. The van der Waals surface area contributed by atoms with Crippen molar-refractivity contribution < 1.29 is 105 Å². The number of ether oxygens (including phenoxy) is 2. The van der Waals surface area contributed by atoms with Crippen LogP contribution in [0.15, 0.2) is 176 Å². The van der Waals surface area contributed by atoms with Gasteiger partial charge in [-0.3, -0.25) is 33.2 Å². The van der Waals surface area contributed by atoms with E-state index in [0.717, 1.165) is 33.1 Å². The molecule has 16 rings (SSSR count). The van der Waals surface area contributed by atoms with E-state index in [0.29, 0.717) is 164 Å². The molecule has 0 saturated carbocycles. The van der Waals surface area contributed by atoms with Gasteiger partial charge in [-0.2, -0.15) is 0 Å². The largest absolute Gasteiger partial charge is 0.497 e. The number of likely N-dealkylation sites (tertiary alicyclic amines) is 1. The molecule has 4 aromatic heterocycles. The van der Waals surface area contributed by atoms with Crippen LogP contribution in [0.5, 0.6) is 5.75 Å². The lowest BCUT2D eigenvalue weighted by atomic mass is 9.94. The predicted octanol–water partition coefficient (Wildman–Crippen LogP) is 13.7. The molecule has 4 fully saturated rings. The molecule has 143 heavy (non-hydrogen) atoms. The molecule has 45 heteroatoms. The third-order valence-corrected chi connectivity index (χ3v) is 24.8. The number of aliphatic hydroxyl groups excluding tert-OH is 3. The van der Waals surface area contributed by atoms with Crippen LogP contribution in [-0.4, -0.2) is 180 Å². The van der Waals surface area contributed by atoms with Gasteiger partial charge >= 0.3 is 11.9 Å². The molecule has 4 saturated heterocycles. The van der Waals surface area contributed by atoms with Crippen molar-refractivity contribution >= 4 is 151 Å². The zero-order valence-corrected chi connectivity index (χ0v) is 83.4. The van der Waals surface area contributed by atoms with E-state index in [4.69, 9.17) is 45.0 Å². The number of alkyl halides is 1. The Morgan fingerprint density at radius 2 is 0.797 bits per heavy atom. The minimum Gasteiger partial charge on any atom is -0.497 e. The summed E-state index contributed by atoms with van der Waals surface area (Å²) < 4.78 is 126. The van der Waals surface area contributed by atoms with E-state index in [9.17, 15) is 83.7 Å². The highest BCUT2D eigenvalue weighted by molar-refractivity contribution is 14.1. The zero-order chi connectivity index (χ0) is 104. The second-order valence-electron chi connectivity index (χ2n) is 32.5.